The number of nitrogens with zero attached hydrogens (tertiary/aromatic N) is 2. The third-order valence-corrected chi connectivity index (χ3v) is 3.63. The van der Waals surface area contributed by atoms with Crippen molar-refractivity contribution in [3.63, 3.8) is 0 Å². The normalized spacial score (nSPS) is 10.6. The summed E-state index contributed by atoms with van der Waals surface area (Å²) in [7, 11) is 3.77. The highest BCUT2D eigenvalue weighted by atomic mass is 16.5. The van der Waals surface area contributed by atoms with E-state index in [0.717, 1.165) is 16.9 Å². The Balaban J connectivity index is 2.06. The van der Waals surface area contributed by atoms with Crippen molar-refractivity contribution in [2.75, 3.05) is 30.9 Å². The molecule has 5 nitrogen and oxygen atoms in total. The Kier molecular flexibility index (Phi) is 5.79. The van der Waals surface area contributed by atoms with E-state index in [2.05, 4.69) is 36.3 Å². The first kappa shape index (κ1) is 17.8. The Hall–Kier alpha value is -2.56. The van der Waals surface area contributed by atoms with E-state index in [9.17, 15) is 4.79 Å². The minimum atomic E-state index is -0.206. The molecular formula is C19H25N3O2. The Labute approximate surface area is 143 Å². The number of hydrogen-bond donors (Lipinski definition) is 1. The van der Waals surface area contributed by atoms with E-state index in [-0.39, 0.29) is 12.5 Å². The Morgan fingerprint density at radius 1 is 1.29 bits per heavy atom. The lowest BCUT2D eigenvalue weighted by Crippen LogP contribution is -2.23. The maximum absolute atomic E-state index is 12.2. The number of hydrogen-bond acceptors (Lipinski definition) is 4. The molecule has 1 heterocycles. The van der Waals surface area contributed by atoms with Gasteiger partial charge in [0.2, 0.25) is 0 Å². The molecule has 0 aliphatic rings. The van der Waals surface area contributed by atoms with Crippen LogP contribution in [-0.2, 0) is 4.79 Å². The van der Waals surface area contributed by atoms with Gasteiger partial charge in [0.15, 0.2) is 12.4 Å². The number of carbonyl (C=O) groups is 1. The molecule has 24 heavy (non-hydrogen) atoms. The average molecular weight is 327 g/mol. The molecule has 0 saturated heterocycles. The molecule has 128 valence electrons. The molecule has 1 aromatic heterocycles. The summed E-state index contributed by atoms with van der Waals surface area (Å²) in [4.78, 5) is 18.4. The number of nitrogens with one attached hydrogen (secondary N) is 1. The molecule has 0 bridgehead atoms. The molecule has 0 aliphatic heterocycles. The second-order valence-corrected chi connectivity index (χ2v) is 6.30. The maximum atomic E-state index is 12.2. The summed E-state index contributed by atoms with van der Waals surface area (Å²) in [6, 6.07) is 9.70. The number of ether oxygens (including phenoxy) is 1. The van der Waals surface area contributed by atoms with Crippen LogP contribution in [-0.4, -0.2) is 31.6 Å². The average Bonchev–Trinajstić information content (AvgIpc) is 2.53. The minimum absolute atomic E-state index is 0.0368. The van der Waals surface area contributed by atoms with E-state index in [1.165, 1.54) is 0 Å². The van der Waals surface area contributed by atoms with Crippen LogP contribution < -0.4 is 15.0 Å². The number of aromatic nitrogens is 1. The smallest absolute Gasteiger partial charge is 0.262 e. The van der Waals surface area contributed by atoms with Crippen LogP contribution in [0.25, 0.3) is 0 Å². The summed E-state index contributed by atoms with van der Waals surface area (Å²) in [6.45, 7) is 6.19. The number of rotatable bonds is 6. The number of carbonyl (C=O) groups excluding carboxylic acids is 1. The third kappa shape index (κ3) is 4.47. The van der Waals surface area contributed by atoms with Crippen molar-refractivity contribution in [2.24, 2.45) is 0 Å². The summed E-state index contributed by atoms with van der Waals surface area (Å²) in [6.07, 6.45) is 1.70. The Morgan fingerprint density at radius 3 is 2.71 bits per heavy atom. The van der Waals surface area contributed by atoms with Gasteiger partial charge in [-0.1, -0.05) is 26.0 Å². The van der Waals surface area contributed by atoms with Gasteiger partial charge in [0.25, 0.3) is 5.91 Å². The molecule has 0 radical (unpaired) electrons. The summed E-state index contributed by atoms with van der Waals surface area (Å²) < 4.78 is 5.77. The zero-order valence-corrected chi connectivity index (χ0v) is 15.0. The van der Waals surface area contributed by atoms with Crippen LogP contribution >= 0.6 is 0 Å². The van der Waals surface area contributed by atoms with Crippen LogP contribution in [0.5, 0.6) is 5.75 Å². The molecule has 1 aromatic carbocycles. The van der Waals surface area contributed by atoms with E-state index in [1.54, 1.807) is 12.3 Å². The number of anilines is 2. The van der Waals surface area contributed by atoms with Gasteiger partial charge >= 0.3 is 0 Å². The van der Waals surface area contributed by atoms with Gasteiger partial charge < -0.3 is 15.0 Å². The van der Waals surface area contributed by atoms with E-state index < -0.39 is 0 Å². The van der Waals surface area contributed by atoms with E-state index in [4.69, 9.17) is 4.74 Å². The van der Waals surface area contributed by atoms with Crippen LogP contribution in [0.1, 0.15) is 30.9 Å². The summed E-state index contributed by atoms with van der Waals surface area (Å²) >= 11 is 0. The van der Waals surface area contributed by atoms with Crippen molar-refractivity contribution in [3.05, 3.63) is 47.7 Å². The number of pyridine rings is 1. The van der Waals surface area contributed by atoms with Gasteiger partial charge in [0, 0.05) is 20.3 Å². The van der Waals surface area contributed by atoms with Gasteiger partial charge in [-0.05, 0) is 42.2 Å². The number of aryl methyl sites for hydroxylation is 1. The molecule has 1 amide bonds. The fraction of sp³-hybridized carbons (Fsp3) is 0.368. The molecule has 1 N–H and O–H groups in total. The van der Waals surface area contributed by atoms with Crippen LogP contribution in [0, 0.1) is 6.92 Å². The molecule has 0 aliphatic carbocycles. The lowest BCUT2D eigenvalue weighted by molar-refractivity contribution is -0.118. The van der Waals surface area contributed by atoms with E-state index >= 15 is 0 Å². The van der Waals surface area contributed by atoms with E-state index in [0.29, 0.717) is 17.4 Å². The van der Waals surface area contributed by atoms with E-state index in [1.807, 2.05) is 38.1 Å². The van der Waals surface area contributed by atoms with Crippen LogP contribution in [0.2, 0.25) is 0 Å². The lowest BCUT2D eigenvalue weighted by atomic mass is 10.0. The minimum Gasteiger partial charge on any atom is -0.483 e. The molecular weight excluding hydrogens is 302 g/mol. The van der Waals surface area contributed by atoms with Crippen molar-refractivity contribution >= 4 is 17.4 Å². The maximum Gasteiger partial charge on any atom is 0.262 e. The van der Waals surface area contributed by atoms with Crippen molar-refractivity contribution in [3.8, 4) is 5.75 Å². The molecule has 0 spiro atoms. The molecule has 2 rings (SSSR count). The quantitative estimate of drug-likeness (QED) is 0.881. The van der Waals surface area contributed by atoms with Gasteiger partial charge in [-0.25, -0.2) is 4.98 Å². The molecule has 0 saturated carbocycles. The van der Waals surface area contributed by atoms with Crippen LogP contribution in [0.15, 0.2) is 36.5 Å². The number of benzene rings is 1. The highest BCUT2D eigenvalue weighted by molar-refractivity contribution is 5.94. The fourth-order valence-electron chi connectivity index (χ4n) is 2.42. The van der Waals surface area contributed by atoms with Crippen LogP contribution in [0.3, 0.4) is 0 Å². The predicted molar refractivity (Wildman–Crippen MR) is 98.0 cm³/mol. The van der Waals surface area contributed by atoms with Gasteiger partial charge in [0.1, 0.15) is 5.75 Å². The highest BCUT2D eigenvalue weighted by Crippen LogP contribution is 2.27. The van der Waals surface area contributed by atoms with Crippen molar-refractivity contribution < 1.29 is 9.53 Å². The largest absolute Gasteiger partial charge is 0.483 e. The topological polar surface area (TPSA) is 54.5 Å². The first-order chi connectivity index (χ1) is 11.4. The molecule has 0 unspecified atom stereocenters. The molecule has 0 fully saturated rings. The predicted octanol–water partition coefficient (Wildman–Crippen LogP) is 3.60. The zero-order valence-electron chi connectivity index (χ0n) is 15.0. The fourth-order valence-corrected chi connectivity index (χ4v) is 2.42. The first-order valence-electron chi connectivity index (χ1n) is 8.04. The number of amides is 1. The first-order valence-corrected chi connectivity index (χ1v) is 8.04. The Bertz CT molecular complexity index is 712. The lowest BCUT2D eigenvalue weighted by Gasteiger charge is -2.17. The van der Waals surface area contributed by atoms with Crippen LogP contribution in [0.4, 0.5) is 11.5 Å². The molecule has 2 aromatic rings. The third-order valence-electron chi connectivity index (χ3n) is 3.63. The van der Waals surface area contributed by atoms with Gasteiger partial charge in [-0.3, -0.25) is 4.79 Å². The van der Waals surface area contributed by atoms with Crippen molar-refractivity contribution in [1.82, 2.24) is 4.98 Å². The summed E-state index contributed by atoms with van der Waals surface area (Å²) in [5.41, 5.74) is 2.88. The standard InChI is InChI=1S/C19H25N3O2/c1-13(2)15-9-8-14(3)11-17(15)24-12-18(23)21-16-7-6-10-20-19(16)22(4)5/h6-11,13H,12H2,1-5H3,(H,21,23). The summed E-state index contributed by atoms with van der Waals surface area (Å²) in [5, 5.41) is 2.86. The second kappa shape index (κ2) is 7.81. The second-order valence-electron chi connectivity index (χ2n) is 6.30. The van der Waals surface area contributed by atoms with Crippen molar-refractivity contribution in [2.45, 2.75) is 26.7 Å². The van der Waals surface area contributed by atoms with Crippen molar-refractivity contribution in [1.29, 1.82) is 0 Å². The zero-order chi connectivity index (χ0) is 17.7. The van der Waals surface area contributed by atoms with Gasteiger partial charge in [-0.2, -0.15) is 0 Å². The monoisotopic (exact) mass is 327 g/mol. The summed E-state index contributed by atoms with van der Waals surface area (Å²) in [5.74, 6) is 1.60. The molecule has 0 atom stereocenters. The highest BCUT2D eigenvalue weighted by Gasteiger charge is 2.12. The molecule has 5 heteroatoms. The SMILES string of the molecule is Cc1ccc(C(C)C)c(OCC(=O)Nc2cccnc2N(C)C)c1. The van der Waals surface area contributed by atoms with Gasteiger partial charge in [0.05, 0.1) is 5.69 Å². The van der Waals surface area contributed by atoms with Gasteiger partial charge in [-0.15, -0.1) is 0 Å². The Morgan fingerprint density at radius 2 is 2.04 bits per heavy atom.